The van der Waals surface area contributed by atoms with Gasteiger partial charge in [-0.05, 0) is 74.6 Å². The maximum absolute atomic E-state index is 9.73. The van der Waals surface area contributed by atoms with E-state index >= 15 is 0 Å². The van der Waals surface area contributed by atoms with Gasteiger partial charge in [0, 0.05) is 57.2 Å². The first-order chi connectivity index (χ1) is 28.4. The zero-order valence-electron chi connectivity index (χ0n) is 34.1. The van der Waals surface area contributed by atoms with Crippen molar-refractivity contribution in [2.45, 2.75) is 89.8 Å². The number of methoxy groups -OCH3 is 1. The minimum atomic E-state index is -0.284. The monoisotopic (exact) mass is 803 g/mol. The minimum absolute atomic E-state index is 0.255. The van der Waals surface area contributed by atoms with Crippen molar-refractivity contribution >= 4 is 11.6 Å². The molecule has 18 heteroatoms. The van der Waals surface area contributed by atoms with Crippen LogP contribution in [0.3, 0.4) is 0 Å². The molecule has 1 N–H and O–H groups in total. The highest BCUT2D eigenvalue weighted by atomic mass is 16.6. The van der Waals surface area contributed by atoms with Gasteiger partial charge in [0.05, 0.1) is 82.8 Å². The first-order valence-corrected chi connectivity index (χ1v) is 20.2. The largest absolute Gasteiger partial charge is 0.487 e. The summed E-state index contributed by atoms with van der Waals surface area (Å²) in [5.74, 6) is 1.35. The summed E-state index contributed by atoms with van der Waals surface area (Å²) in [6.45, 7) is 12.8. The smallest absolute Gasteiger partial charge is 0.256 e. The van der Waals surface area contributed by atoms with Crippen LogP contribution in [0.4, 0.5) is 11.6 Å². The van der Waals surface area contributed by atoms with E-state index in [-0.39, 0.29) is 24.4 Å². The molecule has 0 amide bonds. The standard InChI is InChI=1S/C40H57N11O7/c1-29-24-49(25-30(2)57-29)35-8-10-36(11-9-35)51-27-37(39(46-51)56-13-5-12-53-16-17-55-19-18-54-15-14-52-4)45-40-42-22-34(23-43-40)32-6-7-33(21-41)38(20-32)58-31(3)26-50-28-44-47-48-50/h6-7,20,22-23,27-31,35-36H,5,8-19,24-26H2,1-4H3,(H,42,43,45)/t29-,30+,31-,35-,36-/m0/s1. The highest BCUT2D eigenvalue weighted by Crippen LogP contribution is 2.35. The molecule has 18 nitrogen and oxygen atoms in total. The average molecular weight is 804 g/mol. The van der Waals surface area contributed by atoms with E-state index in [0.717, 1.165) is 49.9 Å². The molecule has 0 spiro atoms. The molecule has 1 aliphatic carbocycles. The summed E-state index contributed by atoms with van der Waals surface area (Å²) in [6.07, 6.45) is 12.2. The van der Waals surface area contributed by atoms with Crippen molar-refractivity contribution in [3.63, 3.8) is 0 Å². The van der Waals surface area contributed by atoms with Crippen molar-refractivity contribution in [1.29, 1.82) is 5.26 Å². The summed E-state index contributed by atoms with van der Waals surface area (Å²) >= 11 is 0. The van der Waals surface area contributed by atoms with Crippen LogP contribution >= 0.6 is 0 Å². The van der Waals surface area contributed by atoms with Gasteiger partial charge in [0.25, 0.3) is 5.88 Å². The van der Waals surface area contributed by atoms with Gasteiger partial charge in [-0.1, -0.05) is 6.07 Å². The second-order valence-corrected chi connectivity index (χ2v) is 14.7. The zero-order chi connectivity index (χ0) is 40.5. The third-order valence-electron chi connectivity index (χ3n) is 10.0. The molecule has 0 bridgehead atoms. The van der Waals surface area contributed by atoms with Crippen LogP contribution in [-0.2, 0) is 30.2 Å². The number of tetrazole rings is 1. The molecule has 6 rings (SSSR count). The Morgan fingerprint density at radius 2 is 1.59 bits per heavy atom. The molecule has 0 unspecified atom stereocenters. The molecule has 1 aromatic carbocycles. The summed E-state index contributed by atoms with van der Waals surface area (Å²) in [5, 5.41) is 29.2. The van der Waals surface area contributed by atoms with Crippen molar-refractivity contribution in [2.24, 2.45) is 0 Å². The lowest BCUT2D eigenvalue weighted by Crippen LogP contribution is -2.51. The van der Waals surface area contributed by atoms with Crippen molar-refractivity contribution in [3.8, 4) is 28.8 Å². The Hall–Kier alpha value is -4.77. The Morgan fingerprint density at radius 1 is 0.897 bits per heavy atom. The van der Waals surface area contributed by atoms with Crippen LogP contribution in [0.2, 0.25) is 0 Å². The summed E-state index contributed by atoms with van der Waals surface area (Å²) in [6, 6.07) is 8.42. The number of aromatic nitrogens is 8. The number of nitrogens with one attached hydrogen (secondary N) is 1. The van der Waals surface area contributed by atoms with E-state index in [1.165, 1.54) is 6.33 Å². The predicted octanol–water partition coefficient (Wildman–Crippen LogP) is 4.47. The van der Waals surface area contributed by atoms with Crippen molar-refractivity contribution in [3.05, 3.63) is 48.7 Å². The van der Waals surface area contributed by atoms with Gasteiger partial charge >= 0.3 is 0 Å². The molecule has 1 saturated heterocycles. The minimum Gasteiger partial charge on any atom is -0.487 e. The molecule has 1 saturated carbocycles. The number of nitrogens with zero attached hydrogens (tertiary/aromatic N) is 10. The van der Waals surface area contributed by atoms with Gasteiger partial charge < -0.3 is 38.5 Å². The fourth-order valence-corrected chi connectivity index (χ4v) is 7.31. The number of morpholine rings is 1. The van der Waals surface area contributed by atoms with E-state index in [1.54, 1.807) is 30.3 Å². The van der Waals surface area contributed by atoms with Crippen LogP contribution in [-0.4, -0.2) is 142 Å². The van der Waals surface area contributed by atoms with Gasteiger partial charge in [0.1, 0.15) is 29.9 Å². The summed E-state index contributed by atoms with van der Waals surface area (Å²) in [7, 11) is 1.65. The molecule has 3 aromatic heterocycles. The Bertz CT molecular complexity index is 1820. The maximum Gasteiger partial charge on any atom is 0.256 e. The van der Waals surface area contributed by atoms with Crippen LogP contribution in [0, 0.1) is 11.3 Å². The quantitative estimate of drug-likeness (QED) is 0.103. The molecule has 0 radical (unpaired) electrons. The highest BCUT2D eigenvalue weighted by Gasteiger charge is 2.32. The summed E-state index contributed by atoms with van der Waals surface area (Å²) in [5.41, 5.74) is 2.69. The van der Waals surface area contributed by atoms with Gasteiger partial charge in [-0.25, -0.2) is 14.6 Å². The normalized spacial score (nSPS) is 20.4. The van der Waals surface area contributed by atoms with E-state index in [4.69, 9.17) is 38.3 Å². The van der Waals surface area contributed by atoms with Crippen molar-refractivity contribution in [2.75, 3.05) is 78.4 Å². The lowest BCUT2D eigenvalue weighted by Gasteiger charge is -2.42. The molecular weight excluding hydrogens is 747 g/mol. The zero-order valence-corrected chi connectivity index (χ0v) is 34.1. The van der Waals surface area contributed by atoms with Crippen molar-refractivity contribution in [1.82, 2.24) is 44.9 Å². The summed E-state index contributed by atoms with van der Waals surface area (Å²) in [4.78, 5) is 11.9. The molecule has 4 heterocycles. The number of nitriles is 1. The molecule has 2 fully saturated rings. The first-order valence-electron chi connectivity index (χ1n) is 20.2. The molecule has 314 valence electrons. The van der Waals surface area contributed by atoms with Crippen molar-refractivity contribution < 1.29 is 33.2 Å². The topological polar surface area (TPSA) is 191 Å². The number of hydrogen-bond acceptors (Lipinski definition) is 16. The SMILES string of the molecule is COCCOCCOCCOCCCOc1nn([C@H]2CC[C@H](N3C[C@@H](C)O[C@@H](C)C3)CC2)cc1Nc1ncc(-c2ccc(C#N)c(O[C@@H](C)Cn3cnnn3)c2)cn1. The molecule has 2 aliphatic rings. The maximum atomic E-state index is 9.73. The van der Waals surface area contributed by atoms with E-state index in [1.807, 2.05) is 29.9 Å². The number of benzene rings is 1. The third kappa shape index (κ3) is 12.9. The Balaban J connectivity index is 1.06. The van der Waals surface area contributed by atoms with Crippen LogP contribution in [0.25, 0.3) is 11.1 Å². The third-order valence-corrected chi connectivity index (χ3v) is 10.0. The van der Waals surface area contributed by atoms with E-state index in [9.17, 15) is 5.26 Å². The molecule has 3 atom stereocenters. The Morgan fingerprint density at radius 3 is 2.26 bits per heavy atom. The fraction of sp³-hybridized carbons (Fsp3) is 0.625. The number of anilines is 2. The molecule has 4 aromatic rings. The number of ether oxygens (including phenoxy) is 7. The fourth-order valence-electron chi connectivity index (χ4n) is 7.31. The van der Waals surface area contributed by atoms with Gasteiger partial charge in [-0.3, -0.25) is 9.58 Å². The first kappa shape index (κ1) is 42.8. The van der Waals surface area contributed by atoms with Crippen LogP contribution in [0.1, 0.15) is 64.5 Å². The second-order valence-electron chi connectivity index (χ2n) is 14.7. The van der Waals surface area contributed by atoms with E-state index in [0.29, 0.717) is 101 Å². The lowest BCUT2D eigenvalue weighted by atomic mass is 9.89. The Kier molecular flexibility index (Phi) is 16.5. The van der Waals surface area contributed by atoms with Crippen LogP contribution in [0.15, 0.2) is 43.1 Å². The average Bonchev–Trinajstić information content (AvgIpc) is 3.89. The highest BCUT2D eigenvalue weighted by molar-refractivity contribution is 5.67. The number of rotatable bonds is 23. The van der Waals surface area contributed by atoms with Gasteiger partial charge in [0.15, 0.2) is 0 Å². The molecule has 1 aliphatic heterocycles. The Labute approximate surface area is 340 Å². The number of hydrogen-bond donors (Lipinski definition) is 1. The molecular formula is C40H57N11O7. The van der Waals surface area contributed by atoms with Gasteiger partial charge in [0.2, 0.25) is 5.95 Å². The lowest BCUT2D eigenvalue weighted by molar-refractivity contribution is -0.0852. The van der Waals surface area contributed by atoms with Crippen LogP contribution in [0.5, 0.6) is 11.6 Å². The molecule has 58 heavy (non-hydrogen) atoms. The van der Waals surface area contributed by atoms with E-state index in [2.05, 4.69) is 55.6 Å². The van der Waals surface area contributed by atoms with Gasteiger partial charge in [-0.2, -0.15) is 5.26 Å². The van der Waals surface area contributed by atoms with Crippen LogP contribution < -0.4 is 14.8 Å². The predicted molar refractivity (Wildman–Crippen MR) is 213 cm³/mol. The van der Waals surface area contributed by atoms with E-state index < -0.39 is 0 Å². The summed E-state index contributed by atoms with van der Waals surface area (Å²) < 4.78 is 43.7. The second kappa shape index (κ2) is 22.4. The van der Waals surface area contributed by atoms with Gasteiger partial charge in [-0.15, -0.1) is 10.2 Å².